The van der Waals surface area contributed by atoms with Crippen molar-refractivity contribution in [3.63, 3.8) is 0 Å². The highest BCUT2D eigenvalue weighted by atomic mass is 16.1. The Morgan fingerprint density at radius 2 is 2.00 bits per heavy atom. The fourth-order valence-corrected chi connectivity index (χ4v) is 5.00. The highest BCUT2D eigenvalue weighted by Gasteiger charge is 2.42. The third-order valence-electron chi connectivity index (χ3n) is 6.86. The van der Waals surface area contributed by atoms with Crippen molar-refractivity contribution in [1.29, 1.82) is 0 Å². The minimum Gasteiger partial charge on any atom is -0.382 e. The first-order valence-corrected chi connectivity index (χ1v) is 11.9. The normalized spacial score (nSPS) is 18.0. The predicted molar refractivity (Wildman–Crippen MR) is 129 cm³/mol. The number of nitrogens with zero attached hydrogens (tertiary/aromatic N) is 5. The van der Waals surface area contributed by atoms with Crippen molar-refractivity contribution < 1.29 is 0 Å². The standard InChI is InChI=1S/C23H33N9O/c1-2-3-8-26-21-29-19(24)18-20(30-21)32(22(33)28-18)13-17-5-4-16(11-27-17)12-31-14-23(15-31)6-9-25-10-7-23/h4-5,11,25H,2-3,6-10,12-15H2,1H3,(H,28,33)(H3,24,26,29,30). The van der Waals surface area contributed by atoms with Crippen molar-refractivity contribution in [2.75, 3.05) is 43.8 Å². The number of nitrogen functional groups attached to an aromatic ring is 1. The smallest absolute Gasteiger partial charge is 0.328 e. The number of hydrogen-bond acceptors (Lipinski definition) is 8. The first kappa shape index (κ1) is 21.8. The van der Waals surface area contributed by atoms with E-state index in [1.54, 1.807) is 4.57 Å². The summed E-state index contributed by atoms with van der Waals surface area (Å²) in [6.45, 7) is 8.77. The fourth-order valence-electron chi connectivity index (χ4n) is 5.00. The quantitative estimate of drug-likeness (QED) is 0.380. The Morgan fingerprint density at radius 3 is 2.73 bits per heavy atom. The van der Waals surface area contributed by atoms with Crippen molar-refractivity contribution in [3.05, 3.63) is 40.1 Å². The zero-order chi connectivity index (χ0) is 22.8. The molecule has 2 aliphatic heterocycles. The molecule has 0 aliphatic carbocycles. The number of fused-ring (bicyclic) bond motifs is 1. The maximum atomic E-state index is 12.6. The van der Waals surface area contributed by atoms with Crippen molar-refractivity contribution >= 4 is 22.9 Å². The number of imidazole rings is 1. The van der Waals surface area contributed by atoms with Gasteiger partial charge in [0.05, 0.1) is 12.2 Å². The average Bonchev–Trinajstić information content (AvgIpc) is 3.11. The number of unbranched alkanes of at least 4 members (excludes halogenated alkanes) is 1. The molecule has 10 heteroatoms. The monoisotopic (exact) mass is 451 g/mol. The molecule has 0 atom stereocenters. The molecule has 3 aromatic heterocycles. The van der Waals surface area contributed by atoms with E-state index in [9.17, 15) is 4.79 Å². The topological polar surface area (TPSA) is 130 Å². The van der Waals surface area contributed by atoms with Gasteiger partial charge in [-0.2, -0.15) is 9.97 Å². The zero-order valence-electron chi connectivity index (χ0n) is 19.2. The van der Waals surface area contributed by atoms with Gasteiger partial charge in [0, 0.05) is 32.4 Å². The summed E-state index contributed by atoms with van der Waals surface area (Å²) < 4.78 is 1.57. The Morgan fingerprint density at radius 1 is 1.18 bits per heavy atom. The molecule has 0 unspecified atom stereocenters. The SMILES string of the molecule is CCCCNc1nc(N)c2[nH]c(=O)n(Cc3ccc(CN4CC5(CCNCC5)C4)cn3)c2n1. The van der Waals surface area contributed by atoms with E-state index < -0.39 is 0 Å². The predicted octanol–water partition coefficient (Wildman–Crippen LogP) is 1.54. The summed E-state index contributed by atoms with van der Waals surface area (Å²) in [5.74, 6) is 0.699. The Labute approximate surface area is 193 Å². The number of H-pyrrole nitrogens is 1. The van der Waals surface area contributed by atoms with E-state index >= 15 is 0 Å². The maximum absolute atomic E-state index is 12.6. The van der Waals surface area contributed by atoms with E-state index in [0.717, 1.165) is 44.7 Å². The van der Waals surface area contributed by atoms with E-state index in [1.165, 1.54) is 31.5 Å². The molecule has 3 aromatic rings. The lowest BCUT2D eigenvalue weighted by atomic mass is 9.72. The van der Waals surface area contributed by atoms with Crippen LogP contribution in [0.25, 0.3) is 11.2 Å². The van der Waals surface area contributed by atoms with Gasteiger partial charge in [-0.3, -0.25) is 14.5 Å². The number of aromatic nitrogens is 5. The van der Waals surface area contributed by atoms with Gasteiger partial charge in [0.15, 0.2) is 11.5 Å². The molecule has 0 bridgehead atoms. The van der Waals surface area contributed by atoms with Crippen molar-refractivity contribution in [3.8, 4) is 0 Å². The Bertz CT molecular complexity index is 1150. The number of likely N-dealkylation sites (tertiary alicyclic amines) is 1. The zero-order valence-corrected chi connectivity index (χ0v) is 19.2. The van der Waals surface area contributed by atoms with Crippen molar-refractivity contribution in [1.82, 2.24) is 34.7 Å². The molecule has 2 saturated heterocycles. The van der Waals surface area contributed by atoms with Crippen LogP contribution in [0, 0.1) is 5.41 Å². The van der Waals surface area contributed by atoms with Gasteiger partial charge in [-0.1, -0.05) is 19.4 Å². The fraction of sp³-hybridized carbons (Fsp3) is 0.565. The molecule has 2 fully saturated rings. The average molecular weight is 452 g/mol. The number of pyridine rings is 1. The number of anilines is 2. The summed E-state index contributed by atoms with van der Waals surface area (Å²) in [6, 6.07) is 4.10. The molecule has 1 spiro atoms. The van der Waals surface area contributed by atoms with E-state index in [1.807, 2.05) is 12.3 Å². The molecule has 0 amide bonds. The van der Waals surface area contributed by atoms with Crippen LogP contribution in [0.1, 0.15) is 43.9 Å². The molecule has 0 radical (unpaired) electrons. The molecule has 0 saturated carbocycles. The van der Waals surface area contributed by atoms with Crippen LogP contribution >= 0.6 is 0 Å². The number of hydrogen-bond donors (Lipinski definition) is 4. The molecule has 10 nitrogen and oxygen atoms in total. The van der Waals surface area contributed by atoms with E-state index in [2.05, 4.69) is 48.5 Å². The molecule has 176 valence electrons. The number of piperidine rings is 1. The van der Waals surface area contributed by atoms with Gasteiger partial charge in [-0.25, -0.2) is 4.79 Å². The molecular formula is C23H33N9O. The van der Waals surface area contributed by atoms with Gasteiger partial charge < -0.3 is 21.4 Å². The largest absolute Gasteiger partial charge is 0.382 e. The summed E-state index contributed by atoms with van der Waals surface area (Å²) in [6.07, 6.45) is 6.56. The second kappa shape index (κ2) is 9.11. The van der Waals surface area contributed by atoms with Crippen molar-refractivity contribution in [2.24, 2.45) is 5.41 Å². The lowest BCUT2D eigenvalue weighted by Crippen LogP contribution is -2.59. The lowest BCUT2D eigenvalue weighted by molar-refractivity contribution is -0.0282. The Hall–Kier alpha value is -2.98. The molecule has 2 aliphatic rings. The van der Waals surface area contributed by atoms with E-state index in [0.29, 0.717) is 29.1 Å². The second-order valence-electron chi connectivity index (χ2n) is 9.48. The summed E-state index contributed by atoms with van der Waals surface area (Å²) in [5, 5.41) is 6.64. The third-order valence-corrected chi connectivity index (χ3v) is 6.86. The van der Waals surface area contributed by atoms with Crippen LogP contribution in [0.4, 0.5) is 11.8 Å². The first-order valence-electron chi connectivity index (χ1n) is 11.9. The number of nitrogens with one attached hydrogen (secondary N) is 3. The second-order valence-corrected chi connectivity index (χ2v) is 9.48. The van der Waals surface area contributed by atoms with Crippen LogP contribution in [0.5, 0.6) is 0 Å². The highest BCUT2D eigenvalue weighted by Crippen LogP contribution is 2.39. The number of rotatable bonds is 8. The minimum atomic E-state index is -0.268. The summed E-state index contributed by atoms with van der Waals surface area (Å²) in [7, 11) is 0. The van der Waals surface area contributed by atoms with Gasteiger partial charge in [0.25, 0.3) is 0 Å². The Kier molecular flexibility index (Phi) is 6.03. The lowest BCUT2D eigenvalue weighted by Gasteiger charge is -2.52. The minimum absolute atomic E-state index is 0.263. The van der Waals surface area contributed by atoms with Crippen LogP contribution in [-0.4, -0.2) is 62.1 Å². The third kappa shape index (κ3) is 4.58. The molecule has 5 N–H and O–H groups in total. The van der Waals surface area contributed by atoms with Gasteiger partial charge in [-0.15, -0.1) is 0 Å². The molecule has 33 heavy (non-hydrogen) atoms. The summed E-state index contributed by atoms with van der Waals surface area (Å²) in [5.41, 5.74) is 9.29. The van der Waals surface area contributed by atoms with Crippen molar-refractivity contribution in [2.45, 2.75) is 45.7 Å². The molecular weight excluding hydrogens is 418 g/mol. The number of nitrogens with two attached hydrogens (primary N) is 1. The van der Waals surface area contributed by atoms with E-state index in [4.69, 9.17) is 5.73 Å². The summed E-state index contributed by atoms with van der Waals surface area (Å²) in [4.78, 5) is 31.3. The van der Waals surface area contributed by atoms with Crippen LogP contribution in [0.15, 0.2) is 23.1 Å². The van der Waals surface area contributed by atoms with Gasteiger partial charge in [0.2, 0.25) is 5.95 Å². The number of aromatic amines is 1. The van der Waals surface area contributed by atoms with Crippen LogP contribution in [-0.2, 0) is 13.1 Å². The first-order chi connectivity index (χ1) is 16.0. The Balaban J connectivity index is 1.26. The van der Waals surface area contributed by atoms with Crippen LogP contribution in [0.2, 0.25) is 0 Å². The molecule has 5 rings (SSSR count). The highest BCUT2D eigenvalue weighted by molar-refractivity contribution is 5.82. The van der Waals surface area contributed by atoms with Gasteiger partial charge in [-0.05, 0) is 49.4 Å². The van der Waals surface area contributed by atoms with E-state index in [-0.39, 0.29) is 11.5 Å². The molecule has 5 heterocycles. The van der Waals surface area contributed by atoms with Crippen LogP contribution in [0.3, 0.4) is 0 Å². The maximum Gasteiger partial charge on any atom is 0.328 e. The summed E-state index contributed by atoms with van der Waals surface area (Å²) >= 11 is 0. The van der Waals surface area contributed by atoms with Gasteiger partial charge in [0.1, 0.15) is 5.52 Å². The van der Waals surface area contributed by atoms with Crippen LogP contribution < -0.4 is 22.1 Å². The van der Waals surface area contributed by atoms with Gasteiger partial charge >= 0.3 is 5.69 Å². The molecule has 0 aromatic carbocycles.